The van der Waals surface area contributed by atoms with Gasteiger partial charge < -0.3 is 9.72 Å². The lowest BCUT2D eigenvalue weighted by atomic mass is 10.1. The molecule has 0 spiro atoms. The number of hydrogen-bond acceptors (Lipinski definition) is 3. The van der Waals surface area contributed by atoms with Crippen LogP contribution in [0, 0.1) is 13.8 Å². The number of aromatic amines is 1. The van der Waals surface area contributed by atoms with Crippen LogP contribution < -0.4 is 4.72 Å². The fourth-order valence-electron chi connectivity index (χ4n) is 2.28. The molecule has 0 saturated heterocycles. The number of aryl methyl sites for hydroxylation is 2. The maximum absolute atomic E-state index is 11.9. The van der Waals surface area contributed by atoms with Gasteiger partial charge in [-0.15, -0.1) is 0 Å². The summed E-state index contributed by atoms with van der Waals surface area (Å²) in [6, 6.07) is 5.95. The van der Waals surface area contributed by atoms with E-state index in [4.69, 9.17) is 4.74 Å². The van der Waals surface area contributed by atoms with Crippen molar-refractivity contribution >= 4 is 20.9 Å². The maximum Gasteiger partial charge on any atom is 0.214 e. The molecule has 2 N–H and O–H groups in total. The minimum Gasteiger partial charge on any atom is -0.378 e. The van der Waals surface area contributed by atoms with Crippen molar-refractivity contribution in [2.24, 2.45) is 0 Å². The van der Waals surface area contributed by atoms with Crippen molar-refractivity contribution in [2.45, 2.75) is 40.3 Å². The highest BCUT2D eigenvalue weighted by atomic mass is 32.2. The van der Waals surface area contributed by atoms with Crippen molar-refractivity contribution < 1.29 is 13.2 Å². The summed E-state index contributed by atoms with van der Waals surface area (Å²) in [5.41, 5.74) is 4.36. The van der Waals surface area contributed by atoms with E-state index < -0.39 is 10.0 Å². The molecule has 1 aromatic heterocycles. The van der Waals surface area contributed by atoms with Gasteiger partial charge in [0.05, 0.1) is 18.5 Å². The van der Waals surface area contributed by atoms with Gasteiger partial charge in [0.15, 0.2) is 0 Å². The van der Waals surface area contributed by atoms with Crippen LogP contribution in [0.25, 0.3) is 10.9 Å². The van der Waals surface area contributed by atoms with E-state index >= 15 is 0 Å². The third kappa shape index (κ3) is 4.32. The number of nitrogens with one attached hydrogen (secondary N) is 2. The van der Waals surface area contributed by atoms with Crippen LogP contribution in [0.3, 0.4) is 0 Å². The second-order valence-corrected chi connectivity index (χ2v) is 7.74. The zero-order chi connectivity index (χ0) is 16.3. The molecule has 0 saturated carbocycles. The van der Waals surface area contributed by atoms with Crippen LogP contribution in [0.1, 0.15) is 30.7 Å². The van der Waals surface area contributed by atoms with Gasteiger partial charge in [0.25, 0.3) is 0 Å². The molecular weight excluding hydrogens is 300 g/mol. The minimum atomic E-state index is -3.32. The van der Waals surface area contributed by atoms with Gasteiger partial charge in [-0.3, -0.25) is 0 Å². The van der Waals surface area contributed by atoms with Crippen LogP contribution in [0.2, 0.25) is 0 Å². The highest BCUT2D eigenvalue weighted by Gasteiger charge is 2.11. The fourth-order valence-corrected chi connectivity index (χ4v) is 3.12. The SMILES string of the molecule is Cc1[nH]c2ccc(CNS(=O)(=O)CCOC(C)C)cc2c1C. The number of ether oxygens (including phenoxy) is 1. The van der Waals surface area contributed by atoms with Gasteiger partial charge in [0, 0.05) is 23.1 Å². The van der Waals surface area contributed by atoms with Crippen molar-refractivity contribution in [2.75, 3.05) is 12.4 Å². The molecule has 0 aliphatic rings. The summed E-state index contributed by atoms with van der Waals surface area (Å²) in [6.45, 7) is 8.37. The molecule has 0 radical (unpaired) electrons. The predicted molar refractivity (Wildman–Crippen MR) is 89.5 cm³/mol. The van der Waals surface area contributed by atoms with Gasteiger partial charge in [-0.25, -0.2) is 13.1 Å². The Morgan fingerprint density at radius 3 is 2.68 bits per heavy atom. The van der Waals surface area contributed by atoms with Crippen LogP contribution in [0.15, 0.2) is 18.2 Å². The summed E-state index contributed by atoms with van der Waals surface area (Å²) < 4.78 is 31.8. The van der Waals surface area contributed by atoms with Gasteiger partial charge in [-0.2, -0.15) is 0 Å². The van der Waals surface area contributed by atoms with E-state index in [1.165, 1.54) is 5.56 Å². The Bertz CT molecular complexity index is 748. The average molecular weight is 324 g/mol. The molecule has 1 aromatic carbocycles. The van der Waals surface area contributed by atoms with Crippen molar-refractivity contribution in [1.82, 2.24) is 9.71 Å². The van der Waals surface area contributed by atoms with Crippen molar-refractivity contribution in [3.05, 3.63) is 35.0 Å². The number of aromatic nitrogens is 1. The number of benzene rings is 1. The molecule has 0 aliphatic heterocycles. The van der Waals surface area contributed by atoms with Crippen LogP contribution in [-0.4, -0.2) is 31.9 Å². The molecule has 6 heteroatoms. The molecule has 22 heavy (non-hydrogen) atoms. The van der Waals surface area contributed by atoms with Crippen molar-refractivity contribution in [3.8, 4) is 0 Å². The van der Waals surface area contributed by atoms with E-state index in [1.807, 2.05) is 39.0 Å². The lowest BCUT2D eigenvalue weighted by molar-refractivity contribution is 0.0911. The lowest BCUT2D eigenvalue weighted by Crippen LogP contribution is -2.28. The molecule has 0 unspecified atom stereocenters. The van der Waals surface area contributed by atoms with E-state index in [9.17, 15) is 8.42 Å². The number of hydrogen-bond donors (Lipinski definition) is 2. The maximum atomic E-state index is 11.9. The second-order valence-electron chi connectivity index (χ2n) is 5.81. The Kier molecular flexibility index (Phi) is 5.26. The van der Waals surface area contributed by atoms with E-state index in [0.29, 0.717) is 6.54 Å². The normalized spacial score (nSPS) is 12.4. The Morgan fingerprint density at radius 1 is 1.27 bits per heavy atom. The zero-order valence-electron chi connectivity index (χ0n) is 13.6. The minimum absolute atomic E-state index is 0.0181. The summed E-state index contributed by atoms with van der Waals surface area (Å²) in [4.78, 5) is 3.31. The van der Waals surface area contributed by atoms with Gasteiger partial charge >= 0.3 is 0 Å². The molecule has 0 aliphatic carbocycles. The average Bonchev–Trinajstić information content (AvgIpc) is 2.71. The highest BCUT2D eigenvalue weighted by Crippen LogP contribution is 2.22. The van der Waals surface area contributed by atoms with E-state index in [2.05, 4.69) is 16.6 Å². The first kappa shape index (κ1) is 17.0. The Hall–Kier alpha value is -1.37. The van der Waals surface area contributed by atoms with Crippen molar-refractivity contribution in [3.63, 3.8) is 0 Å². The molecule has 0 fully saturated rings. The topological polar surface area (TPSA) is 71.2 Å². The van der Waals surface area contributed by atoms with E-state index in [0.717, 1.165) is 22.2 Å². The highest BCUT2D eigenvalue weighted by molar-refractivity contribution is 7.89. The monoisotopic (exact) mass is 324 g/mol. The Labute approximate surface area is 132 Å². The molecule has 2 rings (SSSR count). The molecule has 0 bridgehead atoms. The molecule has 1 heterocycles. The molecule has 2 aromatic rings. The quantitative estimate of drug-likeness (QED) is 0.822. The van der Waals surface area contributed by atoms with Gasteiger partial charge in [-0.05, 0) is 51.0 Å². The fraction of sp³-hybridized carbons (Fsp3) is 0.500. The lowest BCUT2D eigenvalue weighted by Gasteiger charge is -2.09. The Balaban J connectivity index is 2.00. The number of H-pyrrole nitrogens is 1. The van der Waals surface area contributed by atoms with Crippen LogP contribution in [0.5, 0.6) is 0 Å². The van der Waals surface area contributed by atoms with Gasteiger partial charge in [-0.1, -0.05) is 6.07 Å². The summed E-state index contributed by atoms with van der Waals surface area (Å²) in [7, 11) is -3.32. The first-order valence-electron chi connectivity index (χ1n) is 7.45. The summed E-state index contributed by atoms with van der Waals surface area (Å²) in [6.07, 6.45) is 0.0393. The Morgan fingerprint density at radius 2 is 2.00 bits per heavy atom. The molecule has 0 amide bonds. The third-order valence-electron chi connectivity index (χ3n) is 3.67. The summed E-state index contributed by atoms with van der Waals surface area (Å²) >= 11 is 0. The molecular formula is C16H24N2O3S. The summed E-state index contributed by atoms with van der Waals surface area (Å²) in [5, 5.41) is 1.14. The van der Waals surface area contributed by atoms with E-state index in [-0.39, 0.29) is 18.5 Å². The largest absolute Gasteiger partial charge is 0.378 e. The van der Waals surface area contributed by atoms with Crippen LogP contribution >= 0.6 is 0 Å². The number of sulfonamides is 1. The van der Waals surface area contributed by atoms with Gasteiger partial charge in [0.1, 0.15) is 0 Å². The second kappa shape index (κ2) is 6.81. The molecule has 0 atom stereocenters. The number of fused-ring (bicyclic) bond motifs is 1. The smallest absolute Gasteiger partial charge is 0.214 e. The van der Waals surface area contributed by atoms with E-state index in [1.54, 1.807) is 0 Å². The standard InChI is InChI=1S/C16H24N2O3S/c1-11(2)21-7-8-22(19,20)17-10-14-5-6-16-15(9-14)12(3)13(4)18-16/h5-6,9,11,17-18H,7-8,10H2,1-4H3. The number of rotatable bonds is 7. The first-order chi connectivity index (χ1) is 10.3. The van der Waals surface area contributed by atoms with Crippen LogP contribution in [-0.2, 0) is 21.3 Å². The van der Waals surface area contributed by atoms with Gasteiger partial charge in [0.2, 0.25) is 10.0 Å². The molecule has 5 nitrogen and oxygen atoms in total. The zero-order valence-corrected chi connectivity index (χ0v) is 14.4. The van der Waals surface area contributed by atoms with Crippen LogP contribution in [0.4, 0.5) is 0 Å². The third-order valence-corrected chi connectivity index (χ3v) is 4.96. The first-order valence-corrected chi connectivity index (χ1v) is 9.10. The predicted octanol–water partition coefficient (Wildman–Crippen LogP) is 2.63. The molecule has 122 valence electrons. The van der Waals surface area contributed by atoms with Crippen molar-refractivity contribution in [1.29, 1.82) is 0 Å². The summed E-state index contributed by atoms with van der Waals surface area (Å²) in [5.74, 6) is -0.0181.